The molecule has 0 saturated heterocycles. The van der Waals surface area contributed by atoms with Crippen LogP contribution in [0, 0.1) is 0 Å². The first-order valence-electron chi connectivity index (χ1n) is 5.55. The molecule has 1 aromatic carbocycles. The highest BCUT2D eigenvalue weighted by Gasteiger charge is 2.11. The fraction of sp³-hybridized carbons (Fsp3) is 0.154. The van der Waals surface area contributed by atoms with Gasteiger partial charge in [0.25, 0.3) is 0 Å². The topological polar surface area (TPSA) is 66.6 Å². The minimum atomic E-state index is -1.02. The lowest BCUT2D eigenvalue weighted by Crippen LogP contribution is -2.16. The van der Waals surface area contributed by atoms with Gasteiger partial charge in [-0.1, -0.05) is 11.6 Å². The zero-order valence-corrected chi connectivity index (χ0v) is 11.8. The maximum atomic E-state index is 11.0. The summed E-state index contributed by atoms with van der Waals surface area (Å²) in [5, 5.41) is 9.05. The molecule has 0 amide bonds. The van der Waals surface area contributed by atoms with Gasteiger partial charge >= 0.3 is 5.97 Å². The molecule has 0 spiro atoms. The third kappa shape index (κ3) is 3.19. The number of anilines is 2. The van der Waals surface area contributed by atoms with Crippen molar-refractivity contribution in [2.24, 2.45) is 0 Å². The molecule has 0 unspecified atom stereocenters. The van der Waals surface area contributed by atoms with Crippen LogP contribution >= 0.6 is 22.9 Å². The summed E-state index contributed by atoms with van der Waals surface area (Å²) in [7, 11) is 1.89. The Kier molecular flexibility index (Phi) is 3.97. The molecule has 0 bridgehead atoms. The van der Waals surface area contributed by atoms with Crippen molar-refractivity contribution in [2.75, 3.05) is 17.7 Å². The van der Waals surface area contributed by atoms with Crippen LogP contribution in [0.5, 0.6) is 0 Å². The molecule has 6 heteroatoms. The van der Waals surface area contributed by atoms with E-state index in [9.17, 15) is 4.79 Å². The first-order valence-corrected chi connectivity index (χ1v) is 6.75. The highest BCUT2D eigenvalue weighted by atomic mass is 35.5. The summed E-state index contributed by atoms with van der Waals surface area (Å²) in [4.78, 5) is 14.1. The summed E-state index contributed by atoms with van der Waals surface area (Å²) >= 11 is 7.39. The average Bonchev–Trinajstić information content (AvgIpc) is 2.74. The van der Waals surface area contributed by atoms with E-state index < -0.39 is 5.97 Å². The van der Waals surface area contributed by atoms with Crippen LogP contribution in [-0.2, 0) is 6.54 Å². The zero-order chi connectivity index (χ0) is 14.0. The van der Waals surface area contributed by atoms with Crippen molar-refractivity contribution in [2.45, 2.75) is 6.54 Å². The lowest BCUT2D eigenvalue weighted by atomic mass is 10.1. The molecule has 100 valence electrons. The molecule has 4 nitrogen and oxygen atoms in total. The third-order valence-electron chi connectivity index (χ3n) is 2.73. The summed E-state index contributed by atoms with van der Waals surface area (Å²) in [6, 6.07) is 8.79. The highest BCUT2D eigenvalue weighted by molar-refractivity contribution is 7.16. The number of hydrogen-bond acceptors (Lipinski definition) is 4. The van der Waals surface area contributed by atoms with Crippen molar-refractivity contribution in [1.82, 2.24) is 0 Å². The molecule has 2 aromatic rings. The van der Waals surface area contributed by atoms with Gasteiger partial charge in [0.05, 0.1) is 16.4 Å². The standard InChI is InChI=1S/C13H13ClN2O2S/c1-16(7-9-3-5-12(14)19-9)8-2-4-11(15)10(6-8)13(17)18/h2-6H,7,15H2,1H3,(H,17,18). The fourth-order valence-electron chi connectivity index (χ4n) is 1.73. The first kappa shape index (κ1) is 13.7. The highest BCUT2D eigenvalue weighted by Crippen LogP contribution is 2.26. The lowest BCUT2D eigenvalue weighted by Gasteiger charge is -2.19. The van der Waals surface area contributed by atoms with Crippen LogP contribution < -0.4 is 10.6 Å². The van der Waals surface area contributed by atoms with Crippen LogP contribution in [0.4, 0.5) is 11.4 Å². The van der Waals surface area contributed by atoms with Crippen molar-refractivity contribution in [3.8, 4) is 0 Å². The van der Waals surface area contributed by atoms with E-state index in [1.165, 1.54) is 11.3 Å². The van der Waals surface area contributed by atoms with E-state index in [2.05, 4.69) is 0 Å². The van der Waals surface area contributed by atoms with Crippen LogP contribution in [-0.4, -0.2) is 18.1 Å². The number of nitrogens with zero attached hydrogens (tertiary/aromatic N) is 1. The van der Waals surface area contributed by atoms with Gasteiger partial charge < -0.3 is 15.7 Å². The number of rotatable bonds is 4. The van der Waals surface area contributed by atoms with Crippen LogP contribution in [0.15, 0.2) is 30.3 Å². The predicted molar refractivity (Wildman–Crippen MR) is 79.2 cm³/mol. The Morgan fingerprint density at radius 3 is 2.74 bits per heavy atom. The van der Waals surface area contributed by atoms with Crippen LogP contribution in [0.1, 0.15) is 15.2 Å². The molecule has 0 radical (unpaired) electrons. The van der Waals surface area contributed by atoms with E-state index in [0.717, 1.165) is 14.9 Å². The van der Waals surface area contributed by atoms with E-state index >= 15 is 0 Å². The number of carbonyl (C=O) groups is 1. The maximum Gasteiger partial charge on any atom is 0.337 e. The molecule has 2 rings (SSSR count). The fourth-order valence-corrected chi connectivity index (χ4v) is 2.87. The van der Waals surface area contributed by atoms with Gasteiger partial charge in [-0.05, 0) is 30.3 Å². The van der Waals surface area contributed by atoms with Gasteiger partial charge in [-0.2, -0.15) is 0 Å². The van der Waals surface area contributed by atoms with Crippen molar-refractivity contribution in [3.63, 3.8) is 0 Å². The molecule has 0 aliphatic carbocycles. The second-order valence-electron chi connectivity index (χ2n) is 4.14. The monoisotopic (exact) mass is 296 g/mol. The SMILES string of the molecule is CN(Cc1ccc(Cl)s1)c1ccc(N)c(C(=O)O)c1. The Balaban J connectivity index is 2.21. The van der Waals surface area contributed by atoms with E-state index in [1.807, 2.05) is 24.1 Å². The van der Waals surface area contributed by atoms with Gasteiger partial charge in [-0.3, -0.25) is 0 Å². The van der Waals surface area contributed by atoms with Crippen molar-refractivity contribution >= 4 is 40.3 Å². The minimum Gasteiger partial charge on any atom is -0.478 e. The molecule has 0 aliphatic heterocycles. The van der Waals surface area contributed by atoms with Gasteiger partial charge in [0.2, 0.25) is 0 Å². The summed E-state index contributed by atoms with van der Waals surface area (Å²) in [5.74, 6) is -1.02. The van der Waals surface area contributed by atoms with Crippen molar-refractivity contribution in [1.29, 1.82) is 0 Å². The number of nitrogen functional groups attached to an aromatic ring is 1. The lowest BCUT2D eigenvalue weighted by molar-refractivity contribution is 0.0698. The average molecular weight is 297 g/mol. The molecule has 0 aliphatic rings. The second kappa shape index (κ2) is 5.50. The number of carboxylic acids is 1. The number of nitrogens with two attached hydrogens (primary N) is 1. The smallest absolute Gasteiger partial charge is 0.337 e. The molecule has 0 saturated carbocycles. The Morgan fingerprint density at radius 2 is 2.16 bits per heavy atom. The largest absolute Gasteiger partial charge is 0.478 e. The Hall–Kier alpha value is -1.72. The van der Waals surface area contributed by atoms with Gasteiger partial charge in [-0.15, -0.1) is 11.3 Å². The Labute approximate surface area is 120 Å². The van der Waals surface area contributed by atoms with Gasteiger partial charge in [0, 0.05) is 23.3 Å². The van der Waals surface area contributed by atoms with E-state index in [4.69, 9.17) is 22.4 Å². The molecule has 1 heterocycles. The quantitative estimate of drug-likeness (QED) is 0.849. The second-order valence-corrected chi connectivity index (χ2v) is 5.94. The maximum absolute atomic E-state index is 11.0. The number of carboxylic acid groups (broad SMARTS) is 1. The number of thiophene rings is 1. The molecule has 0 fully saturated rings. The predicted octanol–water partition coefficient (Wildman–Crippen LogP) is 3.32. The van der Waals surface area contributed by atoms with E-state index in [1.54, 1.807) is 18.2 Å². The number of hydrogen-bond donors (Lipinski definition) is 2. The Bertz CT molecular complexity index is 612. The molecular formula is C13H13ClN2O2S. The number of benzene rings is 1. The van der Waals surface area contributed by atoms with Gasteiger partial charge in [0.15, 0.2) is 0 Å². The number of aromatic carboxylic acids is 1. The van der Waals surface area contributed by atoms with Crippen LogP contribution in [0.2, 0.25) is 4.34 Å². The summed E-state index contributed by atoms with van der Waals surface area (Å²) in [6.45, 7) is 0.667. The summed E-state index contributed by atoms with van der Waals surface area (Å²) in [6.07, 6.45) is 0. The van der Waals surface area contributed by atoms with Crippen LogP contribution in [0.3, 0.4) is 0 Å². The van der Waals surface area contributed by atoms with Gasteiger partial charge in [-0.25, -0.2) is 4.79 Å². The van der Waals surface area contributed by atoms with Crippen LogP contribution in [0.25, 0.3) is 0 Å². The Morgan fingerprint density at radius 1 is 1.42 bits per heavy atom. The first-order chi connectivity index (χ1) is 8.97. The van der Waals surface area contributed by atoms with Crippen molar-refractivity contribution in [3.05, 3.63) is 45.1 Å². The minimum absolute atomic E-state index is 0.119. The number of halogens is 1. The molecule has 0 atom stereocenters. The van der Waals surface area contributed by atoms with Crippen molar-refractivity contribution < 1.29 is 9.90 Å². The molecule has 19 heavy (non-hydrogen) atoms. The molecule has 3 N–H and O–H groups in total. The normalized spacial score (nSPS) is 10.4. The van der Waals surface area contributed by atoms with E-state index in [0.29, 0.717) is 6.54 Å². The van der Waals surface area contributed by atoms with E-state index in [-0.39, 0.29) is 11.3 Å². The summed E-state index contributed by atoms with van der Waals surface area (Å²) < 4.78 is 0.743. The third-order valence-corrected chi connectivity index (χ3v) is 3.95. The zero-order valence-electron chi connectivity index (χ0n) is 10.3. The van der Waals surface area contributed by atoms with Gasteiger partial charge in [0.1, 0.15) is 0 Å². The molecular weight excluding hydrogens is 284 g/mol. The molecule has 1 aromatic heterocycles. The summed E-state index contributed by atoms with van der Waals surface area (Å²) in [5.41, 5.74) is 6.82.